The van der Waals surface area contributed by atoms with Crippen LogP contribution < -0.4 is 4.74 Å². The zero-order valence-electron chi connectivity index (χ0n) is 15.8. The van der Waals surface area contributed by atoms with Crippen LogP contribution in [-0.4, -0.2) is 25.5 Å². The summed E-state index contributed by atoms with van der Waals surface area (Å²) >= 11 is 0. The van der Waals surface area contributed by atoms with Gasteiger partial charge in [-0.15, -0.1) is 0 Å². The summed E-state index contributed by atoms with van der Waals surface area (Å²) in [7, 11) is 4.38. The maximum absolute atomic E-state index is 6.06. The zero-order chi connectivity index (χ0) is 17.6. The van der Waals surface area contributed by atoms with E-state index in [4.69, 9.17) is 4.74 Å². The maximum atomic E-state index is 6.06. The molecule has 0 heterocycles. The van der Waals surface area contributed by atoms with Crippen LogP contribution in [0.4, 0.5) is 0 Å². The first-order valence-electron chi connectivity index (χ1n) is 9.55. The lowest BCUT2D eigenvalue weighted by Gasteiger charge is -2.38. The molecule has 0 saturated heterocycles. The molecule has 0 bridgehead atoms. The van der Waals surface area contributed by atoms with Crippen molar-refractivity contribution in [3.63, 3.8) is 0 Å². The second-order valence-electron chi connectivity index (χ2n) is 7.80. The van der Waals surface area contributed by atoms with Crippen LogP contribution in [0, 0.1) is 11.8 Å². The number of rotatable bonds is 6. The van der Waals surface area contributed by atoms with Crippen molar-refractivity contribution in [2.24, 2.45) is 11.8 Å². The molecule has 0 aliphatic heterocycles. The van der Waals surface area contributed by atoms with Crippen LogP contribution >= 0.6 is 0 Å². The molecule has 2 heteroatoms. The van der Waals surface area contributed by atoms with Crippen LogP contribution in [0.5, 0.6) is 5.75 Å². The summed E-state index contributed by atoms with van der Waals surface area (Å²) in [5.41, 5.74) is 2.66. The van der Waals surface area contributed by atoms with Crippen molar-refractivity contribution >= 4 is 0 Å². The average molecular weight is 338 g/mol. The van der Waals surface area contributed by atoms with Crippen LogP contribution in [0.3, 0.4) is 0 Å². The van der Waals surface area contributed by atoms with Gasteiger partial charge in [0.05, 0.1) is 0 Å². The number of hydrogen-bond donors (Lipinski definition) is 0. The molecular formula is C23H31NO. The Labute approximate surface area is 152 Å². The summed E-state index contributed by atoms with van der Waals surface area (Å²) in [5.74, 6) is 3.10. The number of ether oxygens (including phenoxy) is 1. The first-order chi connectivity index (χ1) is 12.1. The van der Waals surface area contributed by atoms with Gasteiger partial charge in [0.15, 0.2) is 0 Å². The molecule has 1 aliphatic carbocycles. The van der Waals surface area contributed by atoms with E-state index in [0.717, 1.165) is 17.6 Å². The zero-order valence-corrected chi connectivity index (χ0v) is 15.8. The van der Waals surface area contributed by atoms with Gasteiger partial charge in [-0.05, 0) is 61.5 Å². The molecule has 1 fully saturated rings. The molecule has 2 aromatic rings. The summed E-state index contributed by atoms with van der Waals surface area (Å²) < 4.78 is 6.06. The van der Waals surface area contributed by atoms with Crippen molar-refractivity contribution in [3.05, 3.63) is 65.7 Å². The van der Waals surface area contributed by atoms with Gasteiger partial charge in [-0.1, -0.05) is 62.2 Å². The summed E-state index contributed by atoms with van der Waals surface area (Å²) in [6.07, 6.45) is 4.03. The van der Waals surface area contributed by atoms with Crippen LogP contribution in [0.25, 0.3) is 0 Å². The predicted octanol–water partition coefficient (Wildman–Crippen LogP) is 5.35. The summed E-state index contributed by atoms with van der Waals surface area (Å²) in [6, 6.07) is 19.2. The Balaban J connectivity index is 1.74. The average Bonchev–Trinajstić information content (AvgIpc) is 2.61. The van der Waals surface area contributed by atoms with Crippen molar-refractivity contribution in [1.29, 1.82) is 0 Å². The van der Waals surface area contributed by atoms with E-state index >= 15 is 0 Å². The fourth-order valence-electron chi connectivity index (χ4n) is 4.35. The second-order valence-corrected chi connectivity index (χ2v) is 7.80. The molecule has 0 amide bonds. The molecule has 134 valence electrons. The lowest BCUT2D eigenvalue weighted by atomic mass is 9.69. The normalized spacial score (nSPS) is 23.6. The van der Waals surface area contributed by atoms with Crippen LogP contribution in [0.1, 0.15) is 43.2 Å². The fourth-order valence-corrected chi connectivity index (χ4v) is 4.35. The van der Waals surface area contributed by atoms with E-state index in [2.05, 4.69) is 74.4 Å². The molecule has 3 unspecified atom stereocenters. The van der Waals surface area contributed by atoms with E-state index < -0.39 is 0 Å². The predicted molar refractivity (Wildman–Crippen MR) is 105 cm³/mol. The first-order valence-corrected chi connectivity index (χ1v) is 9.55. The van der Waals surface area contributed by atoms with Gasteiger partial charge in [0.1, 0.15) is 12.4 Å². The van der Waals surface area contributed by atoms with E-state index in [-0.39, 0.29) is 0 Å². The molecule has 0 radical (unpaired) electrons. The third kappa shape index (κ3) is 4.85. The van der Waals surface area contributed by atoms with Crippen molar-refractivity contribution in [2.75, 3.05) is 20.6 Å². The standard InChI is InChI=1S/C23H31NO/c1-18-9-7-13-21(16-24(2)3)23(18)20-12-8-14-22(15-20)25-17-19-10-5-4-6-11-19/h4-6,8,10-12,14-15,18,21,23H,7,9,13,16-17H2,1-3H3. The molecule has 0 N–H and O–H groups in total. The Bertz CT molecular complexity index is 652. The minimum atomic E-state index is 0.631. The second kappa shape index (κ2) is 8.53. The van der Waals surface area contributed by atoms with Crippen molar-refractivity contribution in [2.45, 2.75) is 38.7 Å². The van der Waals surface area contributed by atoms with Crippen LogP contribution in [0.2, 0.25) is 0 Å². The van der Waals surface area contributed by atoms with Gasteiger partial charge < -0.3 is 9.64 Å². The molecule has 2 nitrogen and oxygen atoms in total. The van der Waals surface area contributed by atoms with Gasteiger partial charge in [0.2, 0.25) is 0 Å². The van der Waals surface area contributed by atoms with Gasteiger partial charge in [-0.3, -0.25) is 0 Å². The summed E-state index contributed by atoms with van der Waals surface area (Å²) in [6.45, 7) is 4.22. The molecule has 0 aromatic heterocycles. The third-order valence-corrected chi connectivity index (χ3v) is 5.45. The van der Waals surface area contributed by atoms with Gasteiger partial charge in [-0.2, -0.15) is 0 Å². The SMILES string of the molecule is CC1CCCC(CN(C)C)C1c1cccc(OCc2ccccc2)c1. The van der Waals surface area contributed by atoms with Gasteiger partial charge in [0.25, 0.3) is 0 Å². The fraction of sp³-hybridized carbons (Fsp3) is 0.478. The van der Waals surface area contributed by atoms with Gasteiger partial charge in [0, 0.05) is 6.54 Å². The Morgan fingerprint density at radius 3 is 2.56 bits per heavy atom. The smallest absolute Gasteiger partial charge is 0.120 e. The van der Waals surface area contributed by atoms with Gasteiger partial charge >= 0.3 is 0 Å². The molecule has 3 rings (SSSR count). The quantitative estimate of drug-likeness (QED) is 0.705. The van der Waals surface area contributed by atoms with E-state index in [1.165, 1.54) is 36.9 Å². The van der Waals surface area contributed by atoms with E-state index in [1.54, 1.807) is 0 Å². The Hall–Kier alpha value is -1.80. The highest BCUT2D eigenvalue weighted by molar-refractivity contribution is 5.32. The molecule has 3 atom stereocenters. The van der Waals surface area contributed by atoms with Crippen LogP contribution in [-0.2, 0) is 6.61 Å². The minimum Gasteiger partial charge on any atom is -0.489 e. The molecule has 0 spiro atoms. The summed E-state index contributed by atoms with van der Waals surface area (Å²) in [5, 5.41) is 0. The first kappa shape index (κ1) is 18.0. The Kier molecular flexibility index (Phi) is 6.14. The van der Waals surface area contributed by atoms with Crippen LogP contribution in [0.15, 0.2) is 54.6 Å². The highest BCUT2D eigenvalue weighted by Crippen LogP contribution is 2.42. The van der Waals surface area contributed by atoms with E-state index in [9.17, 15) is 0 Å². The lowest BCUT2D eigenvalue weighted by Crippen LogP contribution is -2.32. The Morgan fingerprint density at radius 2 is 1.80 bits per heavy atom. The third-order valence-electron chi connectivity index (χ3n) is 5.45. The minimum absolute atomic E-state index is 0.631. The topological polar surface area (TPSA) is 12.5 Å². The Morgan fingerprint density at radius 1 is 1.00 bits per heavy atom. The molecule has 1 aliphatic rings. The van der Waals surface area contributed by atoms with Crippen molar-refractivity contribution in [1.82, 2.24) is 4.90 Å². The highest BCUT2D eigenvalue weighted by Gasteiger charge is 2.32. The molecule has 1 saturated carbocycles. The van der Waals surface area contributed by atoms with Crippen molar-refractivity contribution < 1.29 is 4.74 Å². The summed E-state index contributed by atoms with van der Waals surface area (Å²) in [4.78, 5) is 2.34. The van der Waals surface area contributed by atoms with E-state index in [0.29, 0.717) is 12.5 Å². The molecule has 25 heavy (non-hydrogen) atoms. The largest absolute Gasteiger partial charge is 0.489 e. The molecule has 2 aromatic carbocycles. The maximum Gasteiger partial charge on any atom is 0.120 e. The monoisotopic (exact) mass is 337 g/mol. The van der Waals surface area contributed by atoms with Gasteiger partial charge in [-0.25, -0.2) is 0 Å². The molecular weight excluding hydrogens is 306 g/mol. The number of benzene rings is 2. The highest BCUT2D eigenvalue weighted by atomic mass is 16.5. The van der Waals surface area contributed by atoms with Crippen molar-refractivity contribution in [3.8, 4) is 5.75 Å². The number of hydrogen-bond acceptors (Lipinski definition) is 2. The number of nitrogens with zero attached hydrogens (tertiary/aromatic N) is 1. The van der Waals surface area contributed by atoms with E-state index in [1.807, 2.05) is 6.07 Å². The lowest BCUT2D eigenvalue weighted by molar-refractivity contribution is 0.187.